The summed E-state index contributed by atoms with van der Waals surface area (Å²) in [5, 5.41) is 3.42. The van der Waals surface area contributed by atoms with Crippen LogP contribution in [0.5, 0.6) is 0 Å². The molecule has 1 fully saturated rings. The van der Waals surface area contributed by atoms with Gasteiger partial charge in [-0.05, 0) is 42.5 Å². The molecule has 0 bridgehead atoms. The van der Waals surface area contributed by atoms with E-state index in [0.29, 0.717) is 0 Å². The smallest absolute Gasteiger partial charge is 0.0236 e. The Morgan fingerprint density at radius 1 is 1.22 bits per heavy atom. The molecule has 1 aliphatic carbocycles. The third kappa shape index (κ3) is 2.76. The summed E-state index contributed by atoms with van der Waals surface area (Å²) in [6.45, 7) is 6.82. The minimum atomic E-state index is 0.878. The Morgan fingerprint density at radius 2 is 2.06 bits per heavy atom. The molecule has 0 amide bonds. The third-order valence-corrected chi connectivity index (χ3v) is 4.15. The molecule has 2 aliphatic rings. The third-order valence-electron chi connectivity index (χ3n) is 4.15. The zero-order valence-electron chi connectivity index (χ0n) is 11.4. The van der Waals surface area contributed by atoms with Crippen LogP contribution in [0.15, 0.2) is 18.2 Å². The molecule has 1 aromatic rings. The molecule has 0 atom stereocenters. The highest BCUT2D eigenvalue weighted by molar-refractivity contribution is 5.34. The first-order valence-corrected chi connectivity index (χ1v) is 7.42. The second kappa shape index (κ2) is 5.41. The maximum absolute atomic E-state index is 3.42. The lowest BCUT2D eigenvalue weighted by Gasteiger charge is -2.22. The van der Waals surface area contributed by atoms with E-state index >= 15 is 0 Å². The van der Waals surface area contributed by atoms with Gasteiger partial charge in [0, 0.05) is 25.7 Å². The molecule has 0 saturated heterocycles. The molecule has 0 radical (unpaired) electrons. The largest absolute Gasteiger partial charge is 0.309 e. The predicted octanol–water partition coefficient (Wildman–Crippen LogP) is 3.05. The Balaban J connectivity index is 1.66. The number of hydrogen-bond donors (Lipinski definition) is 1. The molecule has 0 aromatic heterocycles. The average molecular weight is 244 g/mol. The first-order valence-electron chi connectivity index (χ1n) is 7.42. The van der Waals surface area contributed by atoms with Gasteiger partial charge < -0.3 is 5.32 Å². The van der Waals surface area contributed by atoms with Crippen LogP contribution in [0.4, 0.5) is 0 Å². The second-order valence-corrected chi connectivity index (χ2v) is 5.76. The Morgan fingerprint density at radius 3 is 2.83 bits per heavy atom. The summed E-state index contributed by atoms with van der Waals surface area (Å²) >= 11 is 0. The second-order valence-electron chi connectivity index (χ2n) is 5.76. The van der Waals surface area contributed by atoms with Crippen molar-refractivity contribution in [3.63, 3.8) is 0 Å². The van der Waals surface area contributed by atoms with E-state index < -0.39 is 0 Å². The zero-order valence-corrected chi connectivity index (χ0v) is 11.4. The molecular formula is C16H24N2. The number of unbranched alkanes of at least 4 members (excludes halogenated alkanes) is 1. The van der Waals surface area contributed by atoms with Crippen molar-refractivity contribution in [2.45, 2.75) is 58.3 Å². The molecule has 2 nitrogen and oxygen atoms in total. The van der Waals surface area contributed by atoms with Gasteiger partial charge >= 0.3 is 0 Å². The Bertz CT molecular complexity index is 410. The van der Waals surface area contributed by atoms with Crippen LogP contribution in [0.1, 0.15) is 49.3 Å². The van der Waals surface area contributed by atoms with Gasteiger partial charge in [0.2, 0.25) is 0 Å². The fourth-order valence-electron chi connectivity index (χ4n) is 2.87. The van der Waals surface area contributed by atoms with Crippen LogP contribution in [0.25, 0.3) is 0 Å². The number of nitrogens with zero attached hydrogens (tertiary/aromatic N) is 1. The molecule has 98 valence electrons. The fourth-order valence-corrected chi connectivity index (χ4v) is 2.87. The van der Waals surface area contributed by atoms with E-state index in [1.807, 2.05) is 0 Å². The molecule has 1 heterocycles. The van der Waals surface area contributed by atoms with Crippen molar-refractivity contribution in [2.75, 3.05) is 6.54 Å². The van der Waals surface area contributed by atoms with E-state index in [0.717, 1.165) is 25.7 Å². The highest BCUT2D eigenvalue weighted by Gasteiger charge is 2.28. The van der Waals surface area contributed by atoms with Crippen molar-refractivity contribution in [2.24, 2.45) is 0 Å². The minimum Gasteiger partial charge on any atom is -0.309 e. The van der Waals surface area contributed by atoms with E-state index in [2.05, 4.69) is 35.3 Å². The molecule has 18 heavy (non-hydrogen) atoms. The molecule has 3 rings (SSSR count). The molecular weight excluding hydrogens is 220 g/mol. The molecule has 1 N–H and O–H groups in total. The summed E-state index contributed by atoms with van der Waals surface area (Å²) in [4.78, 5) is 2.69. The van der Waals surface area contributed by atoms with Gasteiger partial charge in [-0.1, -0.05) is 31.5 Å². The first kappa shape index (κ1) is 12.2. The topological polar surface area (TPSA) is 15.3 Å². The fraction of sp³-hybridized carbons (Fsp3) is 0.625. The maximum Gasteiger partial charge on any atom is 0.0236 e. The monoisotopic (exact) mass is 244 g/mol. The van der Waals surface area contributed by atoms with Crippen molar-refractivity contribution in [1.82, 2.24) is 10.2 Å². The van der Waals surface area contributed by atoms with Crippen LogP contribution in [0, 0.1) is 0 Å². The van der Waals surface area contributed by atoms with Crippen molar-refractivity contribution in [1.29, 1.82) is 0 Å². The van der Waals surface area contributed by atoms with Crippen LogP contribution in [0.2, 0.25) is 0 Å². The van der Waals surface area contributed by atoms with Crippen molar-refractivity contribution >= 4 is 0 Å². The van der Waals surface area contributed by atoms with Gasteiger partial charge in [0.25, 0.3) is 0 Å². The molecule has 0 unspecified atom stereocenters. The van der Waals surface area contributed by atoms with Gasteiger partial charge in [-0.25, -0.2) is 0 Å². The summed E-state index contributed by atoms with van der Waals surface area (Å²) < 4.78 is 0. The lowest BCUT2D eigenvalue weighted by molar-refractivity contribution is 0.250. The van der Waals surface area contributed by atoms with E-state index in [-0.39, 0.29) is 0 Å². The maximum atomic E-state index is 3.42. The van der Waals surface area contributed by atoms with Gasteiger partial charge in [0.15, 0.2) is 0 Å². The first-order chi connectivity index (χ1) is 8.86. The van der Waals surface area contributed by atoms with Gasteiger partial charge in [-0.2, -0.15) is 0 Å². The van der Waals surface area contributed by atoms with Crippen LogP contribution >= 0.6 is 0 Å². The van der Waals surface area contributed by atoms with Crippen LogP contribution < -0.4 is 5.32 Å². The molecule has 1 saturated carbocycles. The average Bonchev–Trinajstić information content (AvgIpc) is 3.12. The summed E-state index contributed by atoms with van der Waals surface area (Å²) in [5.74, 6) is 0. The SMILES string of the molecule is CCCCN(Cc1ccc2c(c1)CNC2)C1CC1. The molecule has 2 heteroatoms. The van der Waals surface area contributed by atoms with Gasteiger partial charge in [0.1, 0.15) is 0 Å². The lowest BCUT2D eigenvalue weighted by atomic mass is 10.1. The Kier molecular flexibility index (Phi) is 3.67. The lowest BCUT2D eigenvalue weighted by Crippen LogP contribution is -2.26. The molecule has 1 aromatic carbocycles. The van der Waals surface area contributed by atoms with E-state index in [1.54, 1.807) is 0 Å². The summed E-state index contributed by atoms with van der Waals surface area (Å²) in [6.07, 6.45) is 5.47. The minimum absolute atomic E-state index is 0.878. The standard InChI is InChI=1S/C16H24N2/c1-2-3-8-18(16-6-7-16)12-13-4-5-14-10-17-11-15(14)9-13/h4-5,9,16-17H,2-3,6-8,10-12H2,1H3. The van der Waals surface area contributed by atoms with Crippen LogP contribution in [-0.2, 0) is 19.6 Å². The Hall–Kier alpha value is -0.860. The van der Waals surface area contributed by atoms with Gasteiger partial charge in [-0.15, -0.1) is 0 Å². The van der Waals surface area contributed by atoms with Crippen LogP contribution in [0.3, 0.4) is 0 Å². The van der Waals surface area contributed by atoms with E-state index in [4.69, 9.17) is 0 Å². The van der Waals surface area contributed by atoms with E-state index in [9.17, 15) is 0 Å². The number of nitrogens with one attached hydrogen (secondary N) is 1. The number of hydrogen-bond acceptors (Lipinski definition) is 2. The number of fused-ring (bicyclic) bond motifs is 1. The summed E-state index contributed by atoms with van der Waals surface area (Å²) in [5.41, 5.74) is 4.50. The van der Waals surface area contributed by atoms with E-state index in [1.165, 1.54) is 48.9 Å². The highest BCUT2D eigenvalue weighted by Crippen LogP contribution is 2.29. The van der Waals surface area contributed by atoms with Gasteiger partial charge in [0.05, 0.1) is 0 Å². The van der Waals surface area contributed by atoms with Crippen molar-refractivity contribution in [3.8, 4) is 0 Å². The zero-order chi connectivity index (χ0) is 12.4. The highest BCUT2D eigenvalue weighted by atomic mass is 15.2. The Labute approximate surface area is 110 Å². The number of benzene rings is 1. The normalized spacial score (nSPS) is 18.3. The van der Waals surface area contributed by atoms with Gasteiger partial charge in [-0.3, -0.25) is 4.90 Å². The van der Waals surface area contributed by atoms with Crippen LogP contribution in [-0.4, -0.2) is 17.5 Å². The number of rotatable bonds is 6. The van der Waals surface area contributed by atoms with Crippen molar-refractivity contribution < 1.29 is 0 Å². The quantitative estimate of drug-likeness (QED) is 0.827. The molecule has 0 spiro atoms. The predicted molar refractivity (Wildman–Crippen MR) is 75.3 cm³/mol. The summed E-state index contributed by atoms with van der Waals surface area (Å²) in [6, 6.07) is 7.93. The molecule has 1 aliphatic heterocycles. The summed E-state index contributed by atoms with van der Waals surface area (Å²) in [7, 11) is 0. The van der Waals surface area contributed by atoms with Crippen molar-refractivity contribution in [3.05, 3.63) is 34.9 Å².